The van der Waals surface area contributed by atoms with Gasteiger partial charge < -0.3 is 24.2 Å². The van der Waals surface area contributed by atoms with Crippen LogP contribution < -0.4 is 14.4 Å². The normalized spacial score (nSPS) is 27.5. The molecule has 23 heavy (non-hydrogen) atoms. The maximum absolute atomic E-state index is 12.7. The molecule has 4 rings (SSSR count). The summed E-state index contributed by atoms with van der Waals surface area (Å²) in [6.45, 7) is 3.14. The summed E-state index contributed by atoms with van der Waals surface area (Å²) in [4.78, 5) is 26.1. The van der Waals surface area contributed by atoms with E-state index in [0.29, 0.717) is 22.7 Å². The quantitative estimate of drug-likeness (QED) is 0.763. The molecule has 0 aliphatic carbocycles. The highest BCUT2D eigenvalue weighted by Crippen LogP contribution is 2.53. The molecule has 0 unspecified atom stereocenters. The molecule has 3 heterocycles. The lowest BCUT2D eigenvalue weighted by Gasteiger charge is -2.45. The van der Waals surface area contributed by atoms with Crippen molar-refractivity contribution in [3.63, 3.8) is 0 Å². The number of aliphatic hydroxyl groups is 1. The minimum absolute atomic E-state index is 0.0414. The number of hydrogen-bond acceptors (Lipinski definition) is 6. The molecule has 1 aromatic rings. The number of benzene rings is 1. The van der Waals surface area contributed by atoms with Crippen molar-refractivity contribution < 1.29 is 28.9 Å². The van der Waals surface area contributed by atoms with Gasteiger partial charge in [0.2, 0.25) is 12.6 Å². The van der Waals surface area contributed by atoms with Crippen LogP contribution in [0.5, 0.6) is 11.5 Å². The van der Waals surface area contributed by atoms with Gasteiger partial charge in [0.25, 0.3) is 5.91 Å². The first-order valence-electron chi connectivity index (χ1n) is 7.16. The van der Waals surface area contributed by atoms with E-state index in [9.17, 15) is 14.7 Å². The maximum atomic E-state index is 12.7. The van der Waals surface area contributed by atoms with Gasteiger partial charge >= 0.3 is 0 Å². The Balaban J connectivity index is 2.02. The van der Waals surface area contributed by atoms with Crippen LogP contribution >= 0.6 is 0 Å². The summed E-state index contributed by atoms with van der Waals surface area (Å²) >= 11 is 0. The molecule has 0 aromatic heterocycles. The second kappa shape index (κ2) is 4.12. The molecule has 0 saturated carbocycles. The number of carbonyl (C=O) groups excluding carboxylic acids is 2. The van der Waals surface area contributed by atoms with Gasteiger partial charge in [0, 0.05) is 12.6 Å². The highest BCUT2D eigenvalue weighted by atomic mass is 16.7. The fraction of sp³-hybridized carbons (Fsp3) is 0.375. The number of ketones is 1. The summed E-state index contributed by atoms with van der Waals surface area (Å²) in [6, 6.07) is 3.26. The summed E-state index contributed by atoms with van der Waals surface area (Å²) in [5.74, 6) is -2.03. The highest BCUT2D eigenvalue weighted by molar-refractivity contribution is 6.15. The van der Waals surface area contributed by atoms with Crippen LogP contribution in [-0.2, 0) is 20.1 Å². The lowest BCUT2D eigenvalue weighted by molar-refractivity contribution is -0.242. The number of likely N-dealkylation sites (N-methyl/N-ethyl adjacent to an activating group) is 1. The summed E-state index contributed by atoms with van der Waals surface area (Å²) in [7, 11) is 1.55. The predicted molar refractivity (Wildman–Crippen MR) is 78.1 cm³/mol. The second-order valence-corrected chi connectivity index (χ2v) is 6.24. The molecule has 120 valence electrons. The Bertz CT molecular complexity index is 796. The number of hydrogen-bond donors (Lipinski definition) is 1. The number of ether oxygens (including phenoxy) is 3. The standard InChI is InChI=1S/C16H15NO6/c1-15(2)11(18)6-9-14(19)17(3)12-8(16(9,20)23-15)4-5-10-13(12)22-7-21-10/h4-6,20H,7H2,1-3H3/t16-/m0/s1. The third kappa shape index (κ3) is 1.66. The summed E-state index contributed by atoms with van der Waals surface area (Å²) < 4.78 is 16.4. The van der Waals surface area contributed by atoms with Crippen molar-refractivity contribution in [3.8, 4) is 11.5 Å². The minimum atomic E-state index is -2.00. The van der Waals surface area contributed by atoms with Gasteiger partial charge in [-0.2, -0.15) is 0 Å². The van der Waals surface area contributed by atoms with Crippen molar-refractivity contribution in [1.29, 1.82) is 0 Å². The largest absolute Gasteiger partial charge is 0.454 e. The molecule has 0 fully saturated rings. The van der Waals surface area contributed by atoms with Crippen molar-refractivity contribution in [1.82, 2.24) is 0 Å². The number of nitrogens with zero attached hydrogens (tertiary/aromatic N) is 1. The van der Waals surface area contributed by atoms with Gasteiger partial charge in [0.15, 0.2) is 17.3 Å². The van der Waals surface area contributed by atoms with Crippen LogP contribution in [0.2, 0.25) is 0 Å². The van der Waals surface area contributed by atoms with Gasteiger partial charge in [-0.1, -0.05) is 0 Å². The van der Waals surface area contributed by atoms with Crippen LogP contribution in [-0.4, -0.2) is 36.2 Å². The molecule has 1 amide bonds. The summed E-state index contributed by atoms with van der Waals surface area (Å²) in [6.07, 6.45) is 1.16. The van der Waals surface area contributed by atoms with E-state index in [1.54, 1.807) is 33.0 Å². The van der Waals surface area contributed by atoms with Crippen LogP contribution in [0, 0.1) is 0 Å². The van der Waals surface area contributed by atoms with E-state index in [1.165, 1.54) is 4.90 Å². The minimum Gasteiger partial charge on any atom is -0.454 e. The first kappa shape index (κ1) is 14.2. The fourth-order valence-electron chi connectivity index (χ4n) is 3.13. The van der Waals surface area contributed by atoms with Gasteiger partial charge in [-0.3, -0.25) is 9.59 Å². The number of carbonyl (C=O) groups is 2. The number of rotatable bonds is 0. The molecule has 0 radical (unpaired) electrons. The zero-order valence-corrected chi connectivity index (χ0v) is 12.9. The predicted octanol–water partition coefficient (Wildman–Crippen LogP) is 0.841. The summed E-state index contributed by atoms with van der Waals surface area (Å²) in [5, 5.41) is 11.1. The second-order valence-electron chi connectivity index (χ2n) is 6.24. The van der Waals surface area contributed by atoms with E-state index in [2.05, 4.69) is 0 Å². The molecule has 3 aliphatic rings. The zero-order chi connectivity index (χ0) is 16.6. The molecule has 1 atom stereocenters. The first-order valence-corrected chi connectivity index (χ1v) is 7.16. The van der Waals surface area contributed by atoms with Crippen molar-refractivity contribution in [2.75, 3.05) is 18.7 Å². The topological polar surface area (TPSA) is 85.3 Å². The smallest absolute Gasteiger partial charge is 0.260 e. The molecule has 1 N–H and O–H groups in total. The van der Waals surface area contributed by atoms with E-state index >= 15 is 0 Å². The molecule has 7 nitrogen and oxygen atoms in total. The van der Waals surface area contributed by atoms with Crippen LogP contribution in [0.25, 0.3) is 0 Å². The van der Waals surface area contributed by atoms with E-state index in [1.807, 2.05) is 0 Å². The third-order valence-electron chi connectivity index (χ3n) is 4.39. The van der Waals surface area contributed by atoms with Crippen molar-refractivity contribution in [2.45, 2.75) is 25.2 Å². The summed E-state index contributed by atoms with van der Waals surface area (Å²) in [5.41, 5.74) is -0.622. The average molecular weight is 317 g/mol. The Hall–Kier alpha value is -2.38. The molecule has 0 spiro atoms. The Labute approximate surface area is 132 Å². The van der Waals surface area contributed by atoms with Gasteiger partial charge in [0.1, 0.15) is 5.60 Å². The molecular weight excluding hydrogens is 302 g/mol. The van der Waals surface area contributed by atoms with Gasteiger partial charge in [-0.05, 0) is 32.1 Å². The molecule has 7 heteroatoms. The lowest BCUT2D eigenvalue weighted by atomic mass is 9.83. The Morgan fingerprint density at radius 2 is 1.96 bits per heavy atom. The molecular formula is C16H15NO6. The molecule has 0 saturated heterocycles. The average Bonchev–Trinajstić information content (AvgIpc) is 2.95. The van der Waals surface area contributed by atoms with Crippen LogP contribution in [0.4, 0.5) is 5.69 Å². The maximum Gasteiger partial charge on any atom is 0.260 e. The van der Waals surface area contributed by atoms with Gasteiger partial charge in [-0.15, -0.1) is 0 Å². The monoisotopic (exact) mass is 317 g/mol. The fourth-order valence-corrected chi connectivity index (χ4v) is 3.13. The van der Waals surface area contributed by atoms with Gasteiger partial charge in [0.05, 0.1) is 11.3 Å². The SMILES string of the molecule is CN1C(=O)C2=CC(=O)C(C)(C)O[C@@]2(O)c2ccc3c(c21)OCO3. The lowest BCUT2D eigenvalue weighted by Crippen LogP contribution is -2.55. The van der Waals surface area contributed by atoms with E-state index in [0.717, 1.165) is 6.08 Å². The van der Waals surface area contributed by atoms with Gasteiger partial charge in [-0.25, -0.2) is 0 Å². The highest BCUT2D eigenvalue weighted by Gasteiger charge is 2.55. The van der Waals surface area contributed by atoms with Crippen molar-refractivity contribution in [2.24, 2.45) is 0 Å². The zero-order valence-electron chi connectivity index (χ0n) is 12.9. The van der Waals surface area contributed by atoms with E-state index in [4.69, 9.17) is 14.2 Å². The number of amides is 1. The third-order valence-corrected chi connectivity index (χ3v) is 4.39. The van der Waals surface area contributed by atoms with Crippen LogP contribution in [0.3, 0.4) is 0 Å². The molecule has 3 aliphatic heterocycles. The Morgan fingerprint density at radius 3 is 2.70 bits per heavy atom. The number of anilines is 1. The van der Waals surface area contributed by atoms with Crippen LogP contribution in [0.1, 0.15) is 19.4 Å². The van der Waals surface area contributed by atoms with E-state index in [-0.39, 0.29) is 18.1 Å². The van der Waals surface area contributed by atoms with E-state index < -0.39 is 17.3 Å². The van der Waals surface area contributed by atoms with Crippen LogP contribution in [0.15, 0.2) is 23.8 Å². The Kier molecular flexibility index (Phi) is 2.55. The molecule has 1 aromatic carbocycles. The first-order chi connectivity index (χ1) is 10.8. The van der Waals surface area contributed by atoms with Crippen molar-refractivity contribution in [3.05, 3.63) is 29.3 Å². The Morgan fingerprint density at radius 1 is 1.22 bits per heavy atom. The number of fused-ring (bicyclic) bond motifs is 5. The van der Waals surface area contributed by atoms with Crippen molar-refractivity contribution >= 4 is 17.4 Å². The molecule has 0 bridgehead atoms.